The van der Waals surface area contributed by atoms with Crippen molar-refractivity contribution < 1.29 is 17.9 Å². The number of carbonyl (C=O) groups excluding carboxylic acids is 1. The molecule has 0 saturated heterocycles. The van der Waals surface area contributed by atoms with Crippen LogP contribution in [0.5, 0.6) is 5.75 Å². The number of sulfonamides is 1. The lowest BCUT2D eigenvalue weighted by Gasteiger charge is -2.28. The van der Waals surface area contributed by atoms with Crippen molar-refractivity contribution in [3.63, 3.8) is 0 Å². The van der Waals surface area contributed by atoms with Crippen molar-refractivity contribution in [3.05, 3.63) is 59.2 Å². The molecule has 2 aromatic carbocycles. The van der Waals surface area contributed by atoms with E-state index in [1.165, 1.54) is 18.2 Å². The third-order valence-corrected chi connectivity index (χ3v) is 6.15. The summed E-state index contributed by atoms with van der Waals surface area (Å²) in [7, 11) is -2.17. The van der Waals surface area contributed by atoms with E-state index in [1.807, 2.05) is 0 Å². The molecule has 0 fully saturated rings. The van der Waals surface area contributed by atoms with E-state index in [4.69, 9.17) is 4.74 Å². The Hall–Kier alpha value is -2.54. The largest absolute Gasteiger partial charge is 0.497 e. The maximum absolute atomic E-state index is 12.8. The Morgan fingerprint density at radius 2 is 1.83 bits per heavy atom. The predicted molar refractivity (Wildman–Crippen MR) is 117 cm³/mol. The second-order valence-electron chi connectivity index (χ2n) is 6.96. The first kappa shape index (κ1) is 22.7. The molecule has 0 aromatic heterocycles. The van der Waals surface area contributed by atoms with Crippen molar-refractivity contribution in [1.29, 1.82) is 0 Å². The first-order chi connectivity index (χ1) is 13.7. The van der Waals surface area contributed by atoms with Gasteiger partial charge >= 0.3 is 0 Å². The molecule has 158 valence electrons. The molecule has 0 radical (unpaired) electrons. The number of hydrogen-bond donors (Lipinski definition) is 1. The van der Waals surface area contributed by atoms with E-state index in [9.17, 15) is 13.2 Å². The van der Waals surface area contributed by atoms with E-state index in [0.717, 1.165) is 29.0 Å². The van der Waals surface area contributed by atoms with Gasteiger partial charge in [-0.05, 0) is 48.6 Å². The summed E-state index contributed by atoms with van der Waals surface area (Å²) in [6.45, 7) is 6.10. The van der Waals surface area contributed by atoms with Gasteiger partial charge in [-0.15, -0.1) is 0 Å². The summed E-state index contributed by atoms with van der Waals surface area (Å²) in [4.78, 5) is 12.8. The third-order valence-electron chi connectivity index (χ3n) is 4.91. The fourth-order valence-corrected chi connectivity index (χ4v) is 4.46. The Balaban J connectivity index is 2.24. The lowest BCUT2D eigenvalue weighted by atomic mass is 10.0. The minimum absolute atomic E-state index is 0.357. The summed E-state index contributed by atoms with van der Waals surface area (Å²) in [5.41, 5.74) is 3.81. The van der Waals surface area contributed by atoms with E-state index in [1.54, 1.807) is 31.2 Å². The highest BCUT2D eigenvalue weighted by atomic mass is 32.2. The van der Waals surface area contributed by atoms with E-state index in [0.29, 0.717) is 18.0 Å². The summed E-state index contributed by atoms with van der Waals surface area (Å²) in [5, 5.41) is 2.90. The molecule has 0 bridgehead atoms. The first-order valence-electron chi connectivity index (χ1n) is 9.73. The van der Waals surface area contributed by atoms with Crippen LogP contribution in [0.3, 0.4) is 0 Å². The van der Waals surface area contributed by atoms with E-state index in [-0.39, 0.29) is 5.91 Å². The van der Waals surface area contributed by atoms with Crippen LogP contribution >= 0.6 is 0 Å². The smallest absolute Gasteiger partial charge is 0.243 e. The molecule has 29 heavy (non-hydrogen) atoms. The van der Waals surface area contributed by atoms with E-state index < -0.39 is 16.1 Å². The number of ether oxygens (including phenoxy) is 1. The van der Waals surface area contributed by atoms with Crippen LogP contribution in [0.15, 0.2) is 42.5 Å². The molecule has 1 amide bonds. The Labute approximate surface area is 173 Å². The topological polar surface area (TPSA) is 75.7 Å². The number of nitrogens with one attached hydrogen (secondary N) is 1. The third kappa shape index (κ3) is 5.73. The highest BCUT2D eigenvalue weighted by molar-refractivity contribution is 7.92. The highest BCUT2D eigenvalue weighted by Gasteiger charge is 2.29. The van der Waals surface area contributed by atoms with Crippen molar-refractivity contribution in [2.75, 3.05) is 17.7 Å². The molecule has 6 nitrogen and oxygen atoms in total. The van der Waals surface area contributed by atoms with Crippen LogP contribution < -0.4 is 14.4 Å². The maximum Gasteiger partial charge on any atom is 0.243 e. The maximum atomic E-state index is 12.8. The molecule has 1 atom stereocenters. The molecule has 7 heteroatoms. The van der Waals surface area contributed by atoms with E-state index in [2.05, 4.69) is 37.4 Å². The van der Waals surface area contributed by atoms with Gasteiger partial charge in [0.05, 0.1) is 19.1 Å². The number of rotatable bonds is 9. The van der Waals surface area contributed by atoms with Crippen LogP contribution in [0.1, 0.15) is 37.5 Å². The monoisotopic (exact) mass is 418 g/mol. The molecule has 0 aliphatic heterocycles. The molecule has 0 saturated carbocycles. The van der Waals surface area contributed by atoms with Gasteiger partial charge in [-0.1, -0.05) is 38.1 Å². The number of hydrogen-bond acceptors (Lipinski definition) is 4. The number of anilines is 1. The van der Waals surface area contributed by atoms with Gasteiger partial charge in [0.15, 0.2) is 0 Å². The minimum atomic E-state index is -3.68. The fourth-order valence-electron chi connectivity index (χ4n) is 3.30. The first-order valence-corrected chi connectivity index (χ1v) is 11.6. The number of methoxy groups -OCH3 is 1. The minimum Gasteiger partial charge on any atom is -0.497 e. The molecule has 1 unspecified atom stereocenters. The van der Waals surface area contributed by atoms with Crippen LogP contribution in [0.4, 0.5) is 5.69 Å². The van der Waals surface area contributed by atoms with Crippen LogP contribution in [0.2, 0.25) is 0 Å². The Morgan fingerprint density at radius 3 is 2.41 bits per heavy atom. The summed E-state index contributed by atoms with van der Waals surface area (Å²) in [6.07, 6.45) is 2.87. The molecular weight excluding hydrogens is 388 g/mol. The van der Waals surface area contributed by atoms with Crippen LogP contribution in [0, 0.1) is 0 Å². The van der Waals surface area contributed by atoms with Gasteiger partial charge in [0.25, 0.3) is 0 Å². The molecule has 2 aromatic rings. The zero-order chi connectivity index (χ0) is 21.6. The van der Waals surface area contributed by atoms with Crippen LogP contribution in [0.25, 0.3) is 0 Å². The highest BCUT2D eigenvalue weighted by Crippen LogP contribution is 2.25. The van der Waals surface area contributed by atoms with Gasteiger partial charge in [-0.25, -0.2) is 8.42 Å². The standard InChI is InChI=1S/C22H30N2O4S/c1-6-17-11-12-18(7-2)19(13-17)15-23-22(25)16(3)24(29(5,26)27)20-9-8-10-21(14-20)28-4/h8-14,16H,6-7,15H2,1-5H3,(H,23,25). The molecule has 0 aliphatic rings. The Kier molecular flexibility index (Phi) is 7.67. The number of nitrogens with zero attached hydrogens (tertiary/aromatic N) is 1. The molecule has 1 N–H and O–H groups in total. The van der Waals surface area contributed by atoms with Gasteiger partial charge in [0.1, 0.15) is 11.8 Å². The van der Waals surface area contributed by atoms with Crippen LogP contribution in [-0.4, -0.2) is 33.7 Å². The van der Waals surface area contributed by atoms with Gasteiger partial charge in [-0.3, -0.25) is 9.10 Å². The average molecular weight is 419 g/mol. The number of aryl methyl sites for hydroxylation is 2. The van der Waals surface area contributed by atoms with Crippen molar-refractivity contribution >= 4 is 21.6 Å². The molecular formula is C22H30N2O4S. The SMILES string of the molecule is CCc1ccc(CC)c(CNC(=O)C(C)N(c2cccc(OC)c2)S(C)(=O)=O)c1. The summed E-state index contributed by atoms with van der Waals surface area (Å²) in [6, 6.07) is 12.0. The van der Waals surface area contributed by atoms with E-state index >= 15 is 0 Å². The number of carbonyl (C=O) groups is 1. The zero-order valence-corrected chi connectivity index (χ0v) is 18.5. The number of amides is 1. The molecule has 0 spiro atoms. The predicted octanol–water partition coefficient (Wildman–Crippen LogP) is 3.29. The second kappa shape index (κ2) is 9.78. The second-order valence-corrected chi connectivity index (χ2v) is 8.82. The molecule has 0 heterocycles. The zero-order valence-electron chi connectivity index (χ0n) is 17.7. The fraction of sp³-hybridized carbons (Fsp3) is 0.409. The van der Waals surface area contributed by atoms with Gasteiger partial charge in [-0.2, -0.15) is 0 Å². The lowest BCUT2D eigenvalue weighted by Crippen LogP contribution is -2.47. The van der Waals surface area contributed by atoms with Gasteiger partial charge in [0.2, 0.25) is 15.9 Å². The summed E-state index contributed by atoms with van der Waals surface area (Å²) < 4.78 is 31.2. The van der Waals surface area contributed by atoms with Gasteiger partial charge in [0, 0.05) is 12.6 Å². The molecule has 0 aliphatic carbocycles. The van der Waals surface area contributed by atoms with Gasteiger partial charge < -0.3 is 10.1 Å². The average Bonchev–Trinajstić information content (AvgIpc) is 2.70. The summed E-state index contributed by atoms with van der Waals surface area (Å²) >= 11 is 0. The Bertz CT molecular complexity index is 957. The number of benzene rings is 2. The quantitative estimate of drug-likeness (QED) is 0.678. The summed E-state index contributed by atoms with van der Waals surface area (Å²) in [5.74, 6) is 0.162. The lowest BCUT2D eigenvalue weighted by molar-refractivity contribution is -0.122. The van der Waals surface area contributed by atoms with Crippen molar-refractivity contribution in [1.82, 2.24) is 5.32 Å². The van der Waals surface area contributed by atoms with Crippen molar-refractivity contribution in [2.45, 2.75) is 46.2 Å². The van der Waals surface area contributed by atoms with Crippen molar-refractivity contribution in [2.24, 2.45) is 0 Å². The normalized spacial score (nSPS) is 12.3. The Morgan fingerprint density at radius 1 is 1.10 bits per heavy atom. The molecule has 2 rings (SSSR count). The van der Waals surface area contributed by atoms with Crippen LogP contribution in [-0.2, 0) is 34.2 Å². The van der Waals surface area contributed by atoms with Crippen molar-refractivity contribution in [3.8, 4) is 5.75 Å².